The van der Waals surface area contributed by atoms with Gasteiger partial charge in [-0.2, -0.15) is 0 Å². The van der Waals surface area contributed by atoms with Crippen molar-refractivity contribution in [1.82, 2.24) is 0 Å². The second-order valence-electron chi connectivity index (χ2n) is 6.52. The summed E-state index contributed by atoms with van der Waals surface area (Å²) in [5.41, 5.74) is 4.47. The number of aromatic hydroxyl groups is 1. The average molecular weight is 349 g/mol. The fourth-order valence-corrected chi connectivity index (χ4v) is 3.18. The molecule has 132 valence electrons. The molecule has 1 aliphatic carbocycles. The molecule has 0 spiro atoms. The van der Waals surface area contributed by atoms with Gasteiger partial charge in [-0.05, 0) is 73.2 Å². The first-order valence-corrected chi connectivity index (χ1v) is 8.35. The van der Waals surface area contributed by atoms with Crippen LogP contribution in [0.2, 0.25) is 0 Å². The summed E-state index contributed by atoms with van der Waals surface area (Å²) in [6, 6.07) is 9.97. The van der Waals surface area contributed by atoms with Crippen LogP contribution in [0.15, 0.2) is 47.5 Å². The number of ketones is 1. The quantitative estimate of drug-likeness (QED) is 0.493. The van der Waals surface area contributed by atoms with Gasteiger partial charge in [0.15, 0.2) is 5.78 Å². The Labute approximate surface area is 151 Å². The summed E-state index contributed by atoms with van der Waals surface area (Å²) < 4.78 is 0. The average Bonchev–Trinajstić information content (AvgIpc) is 2.93. The van der Waals surface area contributed by atoms with Gasteiger partial charge in [0.25, 0.3) is 5.69 Å². The van der Waals surface area contributed by atoms with Gasteiger partial charge in [0.05, 0.1) is 4.92 Å². The molecule has 1 aliphatic rings. The zero-order valence-corrected chi connectivity index (χ0v) is 14.7. The minimum absolute atomic E-state index is 0.00982. The molecule has 0 unspecified atom stereocenters. The maximum Gasteiger partial charge on any atom is 0.270 e. The predicted molar refractivity (Wildman–Crippen MR) is 101 cm³/mol. The first kappa shape index (κ1) is 17.6. The molecule has 1 N–H and O–H groups in total. The van der Waals surface area contributed by atoms with Crippen molar-refractivity contribution in [2.45, 2.75) is 26.7 Å². The summed E-state index contributed by atoms with van der Waals surface area (Å²) in [7, 11) is 0. The topological polar surface area (TPSA) is 80.4 Å². The van der Waals surface area contributed by atoms with Crippen molar-refractivity contribution in [3.63, 3.8) is 0 Å². The minimum atomic E-state index is -0.445. The van der Waals surface area contributed by atoms with Gasteiger partial charge in [0.1, 0.15) is 5.75 Å². The van der Waals surface area contributed by atoms with E-state index in [2.05, 4.69) is 0 Å². The summed E-state index contributed by atoms with van der Waals surface area (Å²) in [5, 5.41) is 20.7. The van der Waals surface area contributed by atoms with Crippen LogP contribution in [0, 0.1) is 24.0 Å². The number of phenols is 1. The maximum absolute atomic E-state index is 12.6. The van der Waals surface area contributed by atoms with Gasteiger partial charge in [-0.25, -0.2) is 0 Å². The summed E-state index contributed by atoms with van der Waals surface area (Å²) in [5.74, 6) is 0.246. The second kappa shape index (κ2) is 6.96. The number of nitro benzene ring substituents is 1. The first-order chi connectivity index (χ1) is 12.3. The van der Waals surface area contributed by atoms with Crippen LogP contribution in [0.1, 0.15) is 35.1 Å². The molecule has 0 amide bonds. The molecule has 2 aromatic rings. The molecule has 0 aliphatic heterocycles. The molecule has 0 radical (unpaired) electrons. The number of allylic oxidation sites excluding steroid dienone is 2. The molecular weight excluding hydrogens is 330 g/mol. The van der Waals surface area contributed by atoms with Crippen LogP contribution in [-0.4, -0.2) is 15.8 Å². The highest BCUT2D eigenvalue weighted by Gasteiger charge is 2.23. The van der Waals surface area contributed by atoms with Crippen molar-refractivity contribution in [3.8, 4) is 5.75 Å². The van der Waals surface area contributed by atoms with E-state index in [4.69, 9.17) is 0 Å². The SMILES string of the molecule is Cc1cc(/C=C2/CC/C(=C/c3cccc([N+](=O)[O-])c3)C2=O)cc(C)c1O. The van der Waals surface area contributed by atoms with Crippen LogP contribution >= 0.6 is 0 Å². The molecule has 1 saturated carbocycles. The molecular formula is C21H19NO4. The van der Waals surface area contributed by atoms with Crippen LogP contribution in [0.4, 0.5) is 5.69 Å². The van der Waals surface area contributed by atoms with Gasteiger partial charge in [0.2, 0.25) is 0 Å². The highest BCUT2D eigenvalue weighted by molar-refractivity contribution is 6.15. The maximum atomic E-state index is 12.6. The minimum Gasteiger partial charge on any atom is -0.507 e. The van der Waals surface area contributed by atoms with Crippen molar-refractivity contribution in [3.05, 3.63) is 79.9 Å². The van der Waals surface area contributed by atoms with Crippen molar-refractivity contribution in [2.24, 2.45) is 0 Å². The van der Waals surface area contributed by atoms with Crippen LogP contribution in [0.3, 0.4) is 0 Å². The molecule has 3 rings (SSSR count). The van der Waals surface area contributed by atoms with E-state index in [1.807, 2.05) is 32.1 Å². The highest BCUT2D eigenvalue weighted by atomic mass is 16.6. The normalized spacial score (nSPS) is 17.2. The molecule has 0 atom stereocenters. The Morgan fingerprint density at radius 3 is 2.15 bits per heavy atom. The third-order valence-electron chi connectivity index (χ3n) is 4.52. The Hall–Kier alpha value is -3.21. The molecule has 5 heteroatoms. The molecule has 1 fully saturated rings. The number of aryl methyl sites for hydroxylation is 2. The lowest BCUT2D eigenvalue weighted by Gasteiger charge is -2.05. The number of phenolic OH excluding ortho intramolecular Hbond substituents is 1. The third-order valence-corrected chi connectivity index (χ3v) is 4.52. The van der Waals surface area contributed by atoms with Crippen LogP contribution in [0.5, 0.6) is 5.75 Å². The zero-order chi connectivity index (χ0) is 18.8. The Bertz CT molecular complexity index is 947. The molecule has 0 bridgehead atoms. The Morgan fingerprint density at radius 2 is 1.58 bits per heavy atom. The number of nitro groups is 1. The smallest absolute Gasteiger partial charge is 0.270 e. The van der Waals surface area contributed by atoms with Gasteiger partial charge in [-0.1, -0.05) is 12.1 Å². The van der Waals surface area contributed by atoms with E-state index in [9.17, 15) is 20.0 Å². The molecule has 26 heavy (non-hydrogen) atoms. The fourth-order valence-electron chi connectivity index (χ4n) is 3.18. The van der Waals surface area contributed by atoms with Crippen molar-refractivity contribution in [2.75, 3.05) is 0 Å². The van der Waals surface area contributed by atoms with E-state index in [0.717, 1.165) is 16.7 Å². The largest absolute Gasteiger partial charge is 0.507 e. The molecule has 0 heterocycles. The van der Waals surface area contributed by atoms with E-state index < -0.39 is 4.92 Å². The predicted octanol–water partition coefficient (Wildman–Crippen LogP) is 4.75. The number of non-ortho nitro benzene ring substituents is 1. The van der Waals surface area contributed by atoms with Gasteiger partial charge in [-0.15, -0.1) is 0 Å². The van der Waals surface area contributed by atoms with E-state index in [-0.39, 0.29) is 17.2 Å². The number of nitrogens with zero attached hydrogens (tertiary/aromatic N) is 1. The fraction of sp³-hybridized carbons (Fsp3) is 0.190. The van der Waals surface area contributed by atoms with Gasteiger partial charge in [0, 0.05) is 23.3 Å². The summed E-state index contributed by atoms with van der Waals surface area (Å²) in [6.45, 7) is 3.66. The van der Waals surface area contributed by atoms with Crippen molar-refractivity contribution >= 4 is 23.6 Å². The second-order valence-corrected chi connectivity index (χ2v) is 6.52. The Balaban J connectivity index is 1.88. The van der Waals surface area contributed by atoms with Gasteiger partial charge in [-0.3, -0.25) is 14.9 Å². The molecule has 0 aromatic heterocycles. The third kappa shape index (κ3) is 3.57. The summed E-state index contributed by atoms with van der Waals surface area (Å²) in [4.78, 5) is 23.1. The Morgan fingerprint density at radius 1 is 1.00 bits per heavy atom. The van der Waals surface area contributed by atoms with E-state index >= 15 is 0 Å². The van der Waals surface area contributed by atoms with Gasteiger partial charge >= 0.3 is 0 Å². The van der Waals surface area contributed by atoms with E-state index in [0.29, 0.717) is 29.6 Å². The number of carbonyl (C=O) groups is 1. The van der Waals surface area contributed by atoms with Crippen LogP contribution < -0.4 is 0 Å². The monoisotopic (exact) mass is 349 g/mol. The van der Waals surface area contributed by atoms with Crippen molar-refractivity contribution < 1.29 is 14.8 Å². The lowest BCUT2D eigenvalue weighted by Crippen LogP contribution is -1.96. The first-order valence-electron chi connectivity index (χ1n) is 8.35. The Kier molecular flexibility index (Phi) is 4.71. The lowest BCUT2D eigenvalue weighted by molar-refractivity contribution is -0.384. The van der Waals surface area contributed by atoms with E-state index in [1.54, 1.807) is 18.2 Å². The van der Waals surface area contributed by atoms with Gasteiger partial charge < -0.3 is 5.11 Å². The number of carbonyl (C=O) groups excluding carboxylic acids is 1. The standard InChI is InChI=1S/C21H19NO4/c1-13-8-16(9-14(2)20(13)23)11-18-7-6-17(21(18)24)10-15-4-3-5-19(12-15)22(25)26/h3-5,8-12,23H,6-7H2,1-2H3/b17-10-,18-11-. The number of rotatable bonds is 3. The lowest BCUT2D eigenvalue weighted by atomic mass is 10.0. The zero-order valence-electron chi connectivity index (χ0n) is 14.7. The number of Topliss-reactive ketones (excluding diaryl/α,β-unsaturated/α-hetero) is 1. The van der Waals surface area contributed by atoms with E-state index in [1.165, 1.54) is 12.1 Å². The molecule has 2 aromatic carbocycles. The summed E-state index contributed by atoms with van der Waals surface area (Å²) >= 11 is 0. The van der Waals surface area contributed by atoms with Crippen molar-refractivity contribution in [1.29, 1.82) is 0 Å². The summed E-state index contributed by atoms with van der Waals surface area (Å²) in [6.07, 6.45) is 4.83. The molecule has 0 saturated heterocycles. The highest BCUT2D eigenvalue weighted by Crippen LogP contribution is 2.31. The molecule has 5 nitrogen and oxygen atoms in total. The number of hydrogen-bond acceptors (Lipinski definition) is 4. The van der Waals surface area contributed by atoms with Crippen LogP contribution in [0.25, 0.3) is 12.2 Å². The van der Waals surface area contributed by atoms with Crippen LogP contribution in [-0.2, 0) is 4.79 Å². The number of benzene rings is 2. The number of hydrogen-bond donors (Lipinski definition) is 1.